The molecule has 3 N–H and O–H groups in total. The first-order valence-corrected chi connectivity index (χ1v) is 5.58. The van der Waals surface area contributed by atoms with E-state index in [1.807, 2.05) is 0 Å². The molecular weight excluding hydrogens is 242 g/mol. The molecule has 18 heavy (non-hydrogen) atoms. The van der Waals surface area contributed by atoms with Crippen LogP contribution >= 0.6 is 0 Å². The number of amides is 3. The minimum atomic E-state index is -1.17. The first-order valence-electron chi connectivity index (χ1n) is 5.58. The highest BCUT2D eigenvalue weighted by Gasteiger charge is 2.39. The Morgan fingerprint density at radius 1 is 1.28 bits per heavy atom. The smallest absolute Gasteiger partial charge is 0.328 e. The van der Waals surface area contributed by atoms with Crippen LogP contribution in [0.1, 0.15) is 12.8 Å². The molecule has 2 rings (SSSR count). The predicted octanol–water partition coefficient (Wildman–Crippen LogP) is -2.32. The van der Waals surface area contributed by atoms with Crippen molar-refractivity contribution >= 4 is 23.7 Å². The maximum Gasteiger partial charge on any atom is 0.328 e. The van der Waals surface area contributed by atoms with Crippen LogP contribution in [0.15, 0.2) is 0 Å². The van der Waals surface area contributed by atoms with E-state index < -0.39 is 29.9 Å². The van der Waals surface area contributed by atoms with Crippen molar-refractivity contribution in [1.29, 1.82) is 0 Å². The first kappa shape index (κ1) is 12.3. The van der Waals surface area contributed by atoms with Gasteiger partial charge in [0.2, 0.25) is 17.7 Å². The van der Waals surface area contributed by atoms with Crippen molar-refractivity contribution in [2.75, 3.05) is 13.1 Å². The molecule has 2 aliphatic heterocycles. The lowest BCUT2D eigenvalue weighted by atomic mass is 10.1. The summed E-state index contributed by atoms with van der Waals surface area (Å²) < 4.78 is 0. The third-order valence-electron chi connectivity index (χ3n) is 3.04. The standard InChI is InChI=1S/C10H13N3O5/c14-7-2-1-5(12-7)9(16)13-4-8(15)11-3-6(13)10(17)18/h5-6H,1-4H2,(H,11,15)(H,12,14)(H,17,18)/t5-,6?/m0/s1. The topological polar surface area (TPSA) is 116 Å². The molecule has 2 aliphatic rings. The SMILES string of the molecule is O=C1CN(C(=O)[C@@H]2CCC(=O)N2)C(C(=O)O)CN1. The minimum absolute atomic E-state index is 0.111. The van der Waals surface area contributed by atoms with Crippen molar-refractivity contribution in [3.8, 4) is 0 Å². The van der Waals surface area contributed by atoms with Crippen molar-refractivity contribution in [3.63, 3.8) is 0 Å². The number of carboxylic acids is 1. The van der Waals surface area contributed by atoms with Gasteiger partial charge in [0.15, 0.2) is 0 Å². The van der Waals surface area contributed by atoms with E-state index in [0.717, 1.165) is 4.90 Å². The molecule has 8 heteroatoms. The third kappa shape index (κ3) is 2.27. The van der Waals surface area contributed by atoms with Gasteiger partial charge in [0.05, 0.1) is 0 Å². The van der Waals surface area contributed by atoms with Gasteiger partial charge in [0.25, 0.3) is 0 Å². The average Bonchev–Trinajstić information content (AvgIpc) is 2.74. The van der Waals surface area contributed by atoms with Gasteiger partial charge < -0.3 is 20.6 Å². The van der Waals surface area contributed by atoms with Crippen LogP contribution in [0.2, 0.25) is 0 Å². The van der Waals surface area contributed by atoms with Crippen molar-refractivity contribution < 1.29 is 24.3 Å². The lowest BCUT2D eigenvalue weighted by molar-refractivity contribution is -0.154. The lowest BCUT2D eigenvalue weighted by Gasteiger charge is -2.34. The van der Waals surface area contributed by atoms with Crippen molar-refractivity contribution in [1.82, 2.24) is 15.5 Å². The van der Waals surface area contributed by atoms with Crippen LogP contribution in [0.4, 0.5) is 0 Å². The second-order valence-corrected chi connectivity index (χ2v) is 4.28. The van der Waals surface area contributed by atoms with E-state index in [1.165, 1.54) is 0 Å². The Morgan fingerprint density at radius 3 is 2.56 bits per heavy atom. The largest absolute Gasteiger partial charge is 0.480 e. The summed E-state index contributed by atoms with van der Waals surface area (Å²) in [7, 11) is 0. The highest BCUT2D eigenvalue weighted by molar-refractivity contribution is 5.96. The molecule has 3 amide bonds. The number of hydrogen-bond donors (Lipinski definition) is 3. The minimum Gasteiger partial charge on any atom is -0.480 e. The maximum absolute atomic E-state index is 12.1. The molecule has 2 heterocycles. The zero-order chi connectivity index (χ0) is 13.3. The summed E-state index contributed by atoms with van der Waals surface area (Å²) in [6, 6.07) is -1.79. The number of rotatable bonds is 2. The summed E-state index contributed by atoms with van der Waals surface area (Å²) in [6.45, 7) is -0.400. The van der Waals surface area contributed by atoms with Crippen LogP contribution in [-0.2, 0) is 19.2 Å². The third-order valence-corrected chi connectivity index (χ3v) is 3.04. The Kier molecular flexibility index (Phi) is 3.17. The molecule has 2 fully saturated rings. The van der Waals surface area contributed by atoms with Gasteiger partial charge in [-0.15, -0.1) is 0 Å². The molecule has 0 saturated carbocycles. The van der Waals surface area contributed by atoms with Crippen LogP contribution in [0.25, 0.3) is 0 Å². The summed E-state index contributed by atoms with van der Waals surface area (Å²) in [4.78, 5) is 46.4. The molecule has 0 spiro atoms. The molecule has 98 valence electrons. The second kappa shape index (κ2) is 4.63. The van der Waals surface area contributed by atoms with Gasteiger partial charge in [-0.05, 0) is 6.42 Å². The number of hydrogen-bond acceptors (Lipinski definition) is 4. The zero-order valence-electron chi connectivity index (χ0n) is 9.51. The lowest BCUT2D eigenvalue weighted by Crippen LogP contribution is -2.62. The van der Waals surface area contributed by atoms with Gasteiger partial charge in [0.1, 0.15) is 18.6 Å². The van der Waals surface area contributed by atoms with E-state index in [9.17, 15) is 19.2 Å². The zero-order valence-corrected chi connectivity index (χ0v) is 9.51. The van der Waals surface area contributed by atoms with E-state index >= 15 is 0 Å². The normalized spacial score (nSPS) is 27.7. The second-order valence-electron chi connectivity index (χ2n) is 4.28. The van der Waals surface area contributed by atoms with Crippen LogP contribution in [-0.4, -0.2) is 58.9 Å². The van der Waals surface area contributed by atoms with E-state index in [0.29, 0.717) is 6.42 Å². The Bertz CT molecular complexity index is 422. The summed E-state index contributed by atoms with van der Waals surface area (Å²) in [5.41, 5.74) is 0. The molecule has 0 aliphatic carbocycles. The fourth-order valence-corrected chi connectivity index (χ4v) is 2.09. The summed E-state index contributed by atoms with van der Waals surface area (Å²) in [5, 5.41) is 13.9. The van der Waals surface area contributed by atoms with Crippen molar-refractivity contribution in [2.24, 2.45) is 0 Å². The van der Waals surface area contributed by atoms with Crippen LogP contribution < -0.4 is 10.6 Å². The quantitative estimate of drug-likeness (QED) is 0.512. The maximum atomic E-state index is 12.1. The molecule has 2 atom stereocenters. The Balaban J connectivity index is 2.12. The number of carbonyl (C=O) groups is 4. The Morgan fingerprint density at radius 2 is 2.00 bits per heavy atom. The fraction of sp³-hybridized carbons (Fsp3) is 0.600. The van der Waals surface area contributed by atoms with E-state index in [-0.39, 0.29) is 25.4 Å². The summed E-state index contributed by atoms with van der Waals surface area (Å²) >= 11 is 0. The molecule has 0 radical (unpaired) electrons. The molecule has 1 unspecified atom stereocenters. The van der Waals surface area contributed by atoms with Gasteiger partial charge in [-0.1, -0.05) is 0 Å². The molecule has 8 nitrogen and oxygen atoms in total. The number of carboxylic acid groups (broad SMARTS) is 1. The van der Waals surface area contributed by atoms with Gasteiger partial charge in [-0.25, -0.2) is 4.79 Å². The van der Waals surface area contributed by atoms with Gasteiger partial charge in [-0.3, -0.25) is 14.4 Å². The highest BCUT2D eigenvalue weighted by atomic mass is 16.4. The predicted molar refractivity (Wildman–Crippen MR) is 57.3 cm³/mol. The number of carbonyl (C=O) groups excluding carboxylic acids is 3. The Labute approximate surface area is 102 Å². The van der Waals surface area contributed by atoms with Crippen LogP contribution in [0.3, 0.4) is 0 Å². The Hall–Kier alpha value is -2.12. The first-order chi connectivity index (χ1) is 8.49. The van der Waals surface area contributed by atoms with Crippen molar-refractivity contribution in [2.45, 2.75) is 24.9 Å². The number of nitrogens with one attached hydrogen (secondary N) is 2. The monoisotopic (exact) mass is 255 g/mol. The van der Waals surface area contributed by atoms with E-state index in [4.69, 9.17) is 5.11 Å². The molecule has 0 aromatic heterocycles. The molecule has 2 saturated heterocycles. The van der Waals surface area contributed by atoms with E-state index in [2.05, 4.69) is 10.6 Å². The molecule has 0 aromatic rings. The van der Waals surface area contributed by atoms with Gasteiger partial charge in [0, 0.05) is 13.0 Å². The number of piperazine rings is 1. The number of nitrogens with zero attached hydrogens (tertiary/aromatic N) is 1. The average molecular weight is 255 g/mol. The van der Waals surface area contributed by atoms with Gasteiger partial charge in [-0.2, -0.15) is 0 Å². The van der Waals surface area contributed by atoms with E-state index in [1.54, 1.807) is 0 Å². The molecule has 0 aromatic carbocycles. The van der Waals surface area contributed by atoms with Gasteiger partial charge >= 0.3 is 5.97 Å². The summed E-state index contributed by atoms with van der Waals surface area (Å²) in [5.74, 6) is -2.32. The molecule has 0 bridgehead atoms. The highest BCUT2D eigenvalue weighted by Crippen LogP contribution is 2.13. The van der Waals surface area contributed by atoms with Crippen LogP contribution in [0.5, 0.6) is 0 Å². The molecular formula is C10H13N3O5. The number of aliphatic carboxylic acids is 1. The summed E-state index contributed by atoms with van der Waals surface area (Å²) in [6.07, 6.45) is 0.580. The van der Waals surface area contributed by atoms with Crippen LogP contribution in [0, 0.1) is 0 Å². The van der Waals surface area contributed by atoms with Crippen molar-refractivity contribution in [3.05, 3.63) is 0 Å². The fourth-order valence-electron chi connectivity index (χ4n) is 2.09.